The van der Waals surface area contributed by atoms with Crippen molar-refractivity contribution in [3.05, 3.63) is 28.8 Å². The highest BCUT2D eigenvalue weighted by Crippen LogP contribution is 2.25. The Morgan fingerprint density at radius 2 is 2.38 bits per heavy atom. The van der Waals surface area contributed by atoms with Crippen LogP contribution in [0.1, 0.15) is 29.4 Å². The van der Waals surface area contributed by atoms with Gasteiger partial charge in [0.25, 0.3) is 0 Å². The van der Waals surface area contributed by atoms with Crippen molar-refractivity contribution in [2.24, 2.45) is 7.05 Å². The molecule has 0 aliphatic rings. The van der Waals surface area contributed by atoms with Gasteiger partial charge in [0.2, 0.25) is 0 Å². The molecular weight excluding hydrogens is 222 g/mol. The van der Waals surface area contributed by atoms with Crippen molar-refractivity contribution in [1.29, 1.82) is 0 Å². The lowest BCUT2D eigenvalue weighted by Crippen LogP contribution is -2.24. The minimum atomic E-state index is 0.0880. The Balaban J connectivity index is 2.39. The number of aromatic nitrogens is 4. The van der Waals surface area contributed by atoms with Crippen molar-refractivity contribution in [2.45, 2.75) is 19.9 Å². The van der Waals surface area contributed by atoms with Crippen LogP contribution in [0, 0.1) is 6.92 Å². The van der Waals surface area contributed by atoms with Gasteiger partial charge >= 0.3 is 0 Å². The molecule has 5 nitrogen and oxygen atoms in total. The van der Waals surface area contributed by atoms with Crippen LogP contribution >= 0.6 is 11.5 Å². The van der Waals surface area contributed by atoms with Crippen LogP contribution in [0.3, 0.4) is 0 Å². The predicted molar refractivity (Wildman–Crippen MR) is 63.4 cm³/mol. The van der Waals surface area contributed by atoms with Crippen LogP contribution in [0.25, 0.3) is 0 Å². The molecule has 0 spiro atoms. The van der Waals surface area contributed by atoms with Gasteiger partial charge in [0.15, 0.2) is 0 Å². The summed E-state index contributed by atoms with van der Waals surface area (Å²) in [6.07, 6.45) is 3.76. The zero-order valence-corrected chi connectivity index (χ0v) is 10.5. The molecule has 1 atom stereocenters. The SMILES string of the molecule is CCNC(c1snnc1C)c1nccn1C. The monoisotopic (exact) mass is 237 g/mol. The second-order valence-electron chi connectivity index (χ2n) is 3.61. The number of nitrogens with one attached hydrogen (secondary N) is 1. The van der Waals surface area contributed by atoms with Gasteiger partial charge in [-0.2, -0.15) is 0 Å². The van der Waals surface area contributed by atoms with E-state index in [1.165, 1.54) is 11.5 Å². The quantitative estimate of drug-likeness (QED) is 0.870. The van der Waals surface area contributed by atoms with Crippen LogP contribution < -0.4 is 5.32 Å². The van der Waals surface area contributed by atoms with Crippen molar-refractivity contribution < 1.29 is 0 Å². The molecule has 2 aromatic rings. The van der Waals surface area contributed by atoms with Crippen LogP contribution in [0.4, 0.5) is 0 Å². The van der Waals surface area contributed by atoms with Gasteiger partial charge in [-0.1, -0.05) is 11.4 Å². The highest BCUT2D eigenvalue weighted by atomic mass is 32.1. The molecule has 0 saturated heterocycles. The van der Waals surface area contributed by atoms with E-state index in [1.807, 2.05) is 30.9 Å². The molecule has 0 radical (unpaired) electrons. The van der Waals surface area contributed by atoms with Gasteiger partial charge in [0, 0.05) is 19.4 Å². The fraction of sp³-hybridized carbons (Fsp3) is 0.500. The molecule has 0 amide bonds. The smallest absolute Gasteiger partial charge is 0.131 e. The van der Waals surface area contributed by atoms with Gasteiger partial charge in [0.05, 0.1) is 10.6 Å². The number of rotatable bonds is 4. The summed E-state index contributed by atoms with van der Waals surface area (Å²) in [5.74, 6) is 0.996. The molecule has 0 aliphatic heterocycles. The lowest BCUT2D eigenvalue weighted by atomic mass is 10.2. The van der Waals surface area contributed by atoms with Gasteiger partial charge in [-0.25, -0.2) is 4.98 Å². The summed E-state index contributed by atoms with van der Waals surface area (Å²) in [5.41, 5.74) is 0.971. The first-order valence-corrected chi connectivity index (χ1v) is 6.00. The number of imidazole rings is 1. The van der Waals surface area contributed by atoms with E-state index < -0.39 is 0 Å². The highest BCUT2D eigenvalue weighted by molar-refractivity contribution is 7.05. The fourth-order valence-corrected chi connectivity index (χ4v) is 2.38. The Hall–Kier alpha value is -1.27. The van der Waals surface area contributed by atoms with E-state index in [0.29, 0.717) is 0 Å². The predicted octanol–water partition coefficient (Wildman–Crippen LogP) is 1.28. The maximum absolute atomic E-state index is 4.38. The molecule has 1 unspecified atom stereocenters. The average Bonchev–Trinajstić information content (AvgIpc) is 2.84. The maximum Gasteiger partial charge on any atom is 0.131 e. The zero-order chi connectivity index (χ0) is 11.5. The lowest BCUT2D eigenvalue weighted by Gasteiger charge is -2.15. The van der Waals surface area contributed by atoms with Crippen molar-refractivity contribution in [3.8, 4) is 0 Å². The van der Waals surface area contributed by atoms with Gasteiger partial charge in [-0.15, -0.1) is 5.10 Å². The Kier molecular flexibility index (Phi) is 3.31. The molecule has 0 fully saturated rings. The third-order valence-corrected chi connectivity index (χ3v) is 3.36. The van der Waals surface area contributed by atoms with Crippen LogP contribution in [-0.2, 0) is 7.05 Å². The van der Waals surface area contributed by atoms with Gasteiger partial charge in [-0.3, -0.25) is 0 Å². The fourth-order valence-electron chi connectivity index (χ4n) is 1.66. The molecule has 1 N–H and O–H groups in total. The van der Waals surface area contributed by atoms with Crippen molar-refractivity contribution in [1.82, 2.24) is 24.5 Å². The largest absolute Gasteiger partial charge is 0.336 e. The molecule has 2 rings (SSSR count). The van der Waals surface area contributed by atoms with Crippen LogP contribution in [-0.4, -0.2) is 25.7 Å². The molecule has 0 aliphatic carbocycles. The summed E-state index contributed by atoms with van der Waals surface area (Å²) in [6, 6.07) is 0.0880. The number of hydrogen-bond donors (Lipinski definition) is 1. The molecule has 2 heterocycles. The standard InChI is InChI=1S/C10H15N5S/c1-4-11-8(9-7(2)13-14-16-9)10-12-5-6-15(10)3/h5-6,8,11H,4H2,1-3H3. The minimum absolute atomic E-state index is 0.0880. The number of hydrogen-bond acceptors (Lipinski definition) is 5. The normalized spacial score (nSPS) is 12.9. The number of nitrogens with zero attached hydrogens (tertiary/aromatic N) is 4. The zero-order valence-electron chi connectivity index (χ0n) is 9.64. The summed E-state index contributed by atoms with van der Waals surface area (Å²) in [4.78, 5) is 5.52. The third-order valence-electron chi connectivity index (χ3n) is 2.47. The summed E-state index contributed by atoms with van der Waals surface area (Å²) in [5, 5.41) is 7.47. The molecule has 86 valence electrons. The summed E-state index contributed by atoms with van der Waals surface area (Å²) in [6.45, 7) is 4.95. The Morgan fingerprint density at radius 3 is 2.88 bits per heavy atom. The summed E-state index contributed by atoms with van der Waals surface area (Å²) >= 11 is 1.43. The van der Waals surface area contributed by atoms with Gasteiger partial charge < -0.3 is 9.88 Å². The van der Waals surface area contributed by atoms with Crippen molar-refractivity contribution in [2.75, 3.05) is 6.54 Å². The first-order valence-electron chi connectivity index (χ1n) is 5.23. The Bertz CT molecular complexity index is 421. The topological polar surface area (TPSA) is 55.6 Å². The van der Waals surface area contributed by atoms with E-state index in [0.717, 1.165) is 22.9 Å². The van der Waals surface area contributed by atoms with Gasteiger partial charge in [-0.05, 0) is 25.0 Å². The Morgan fingerprint density at radius 1 is 1.56 bits per heavy atom. The molecule has 6 heteroatoms. The summed E-state index contributed by atoms with van der Waals surface area (Å²) < 4.78 is 6.00. The van der Waals surface area contributed by atoms with E-state index in [9.17, 15) is 0 Å². The van der Waals surface area contributed by atoms with E-state index in [1.54, 1.807) is 0 Å². The van der Waals surface area contributed by atoms with Crippen LogP contribution in [0.2, 0.25) is 0 Å². The van der Waals surface area contributed by atoms with E-state index >= 15 is 0 Å². The Labute approximate surface area is 98.7 Å². The first-order chi connectivity index (χ1) is 7.74. The van der Waals surface area contributed by atoms with E-state index in [2.05, 4.69) is 26.8 Å². The van der Waals surface area contributed by atoms with E-state index in [4.69, 9.17) is 0 Å². The van der Waals surface area contributed by atoms with E-state index in [-0.39, 0.29) is 6.04 Å². The first kappa shape index (κ1) is 11.2. The minimum Gasteiger partial charge on any atom is -0.336 e. The maximum atomic E-state index is 4.38. The molecular formula is C10H15N5S. The molecule has 16 heavy (non-hydrogen) atoms. The van der Waals surface area contributed by atoms with Crippen molar-refractivity contribution >= 4 is 11.5 Å². The lowest BCUT2D eigenvalue weighted by molar-refractivity contribution is 0.581. The second kappa shape index (κ2) is 4.71. The molecule has 0 aromatic carbocycles. The number of aryl methyl sites for hydroxylation is 2. The van der Waals surface area contributed by atoms with Crippen LogP contribution in [0.15, 0.2) is 12.4 Å². The third kappa shape index (κ3) is 1.98. The van der Waals surface area contributed by atoms with Crippen molar-refractivity contribution in [3.63, 3.8) is 0 Å². The highest BCUT2D eigenvalue weighted by Gasteiger charge is 2.21. The molecule has 0 bridgehead atoms. The summed E-state index contributed by atoms with van der Waals surface area (Å²) in [7, 11) is 2.00. The second-order valence-corrected chi connectivity index (χ2v) is 4.40. The molecule has 2 aromatic heterocycles. The average molecular weight is 237 g/mol. The van der Waals surface area contributed by atoms with Gasteiger partial charge in [0.1, 0.15) is 11.9 Å². The molecule has 0 saturated carbocycles. The van der Waals surface area contributed by atoms with Crippen LogP contribution in [0.5, 0.6) is 0 Å².